The summed E-state index contributed by atoms with van der Waals surface area (Å²) in [5, 5.41) is 9.46. The molecule has 1 heterocycles. The lowest BCUT2D eigenvalue weighted by Crippen LogP contribution is -2.09. The van der Waals surface area contributed by atoms with Crippen molar-refractivity contribution in [2.75, 3.05) is 14.2 Å². The average Bonchev–Trinajstić information content (AvgIpc) is 2.99. The monoisotopic (exact) mass is 340 g/mol. The lowest BCUT2D eigenvalue weighted by molar-refractivity contribution is -0.143. The highest BCUT2D eigenvalue weighted by Crippen LogP contribution is 2.42. The molecule has 1 unspecified atom stereocenters. The van der Waals surface area contributed by atoms with Crippen LogP contribution in [0.5, 0.6) is 11.5 Å². The number of carboxylic acid groups (broad SMARTS) is 1. The fourth-order valence-corrected chi connectivity index (χ4v) is 2.75. The summed E-state index contributed by atoms with van der Waals surface area (Å²) < 4.78 is 15.6. The first-order valence-electron chi connectivity index (χ1n) is 7.52. The largest absolute Gasteiger partial charge is 0.497 e. The van der Waals surface area contributed by atoms with E-state index in [1.807, 2.05) is 0 Å². The second kappa shape index (κ2) is 6.68. The van der Waals surface area contributed by atoms with Crippen LogP contribution in [0.3, 0.4) is 0 Å². The van der Waals surface area contributed by atoms with E-state index < -0.39 is 18.0 Å². The number of benzene rings is 2. The van der Waals surface area contributed by atoms with Crippen LogP contribution >= 0.6 is 0 Å². The van der Waals surface area contributed by atoms with Gasteiger partial charge in [0.25, 0.3) is 0 Å². The summed E-state index contributed by atoms with van der Waals surface area (Å²) in [5.41, 5.74) is 1.22. The van der Waals surface area contributed by atoms with Gasteiger partial charge in [0.05, 0.1) is 14.2 Å². The van der Waals surface area contributed by atoms with Crippen molar-refractivity contribution in [2.24, 2.45) is 0 Å². The Morgan fingerprint density at radius 2 is 1.48 bits per heavy atom. The zero-order chi connectivity index (χ0) is 18.0. The van der Waals surface area contributed by atoms with E-state index in [-0.39, 0.29) is 5.57 Å². The van der Waals surface area contributed by atoms with E-state index in [0.29, 0.717) is 28.2 Å². The lowest BCUT2D eigenvalue weighted by atomic mass is 9.92. The van der Waals surface area contributed by atoms with Gasteiger partial charge in [0.1, 0.15) is 11.5 Å². The number of hydrogen-bond donors (Lipinski definition) is 1. The minimum atomic E-state index is -1.31. The predicted octanol–water partition coefficient (Wildman–Crippen LogP) is 2.84. The van der Waals surface area contributed by atoms with Crippen molar-refractivity contribution in [2.45, 2.75) is 6.10 Å². The van der Waals surface area contributed by atoms with Crippen molar-refractivity contribution in [3.63, 3.8) is 0 Å². The molecule has 0 bridgehead atoms. The Hall–Kier alpha value is -3.28. The smallest absolute Gasteiger partial charge is 0.346 e. The van der Waals surface area contributed by atoms with Crippen LogP contribution in [-0.4, -0.2) is 31.3 Å². The van der Waals surface area contributed by atoms with Crippen LogP contribution in [0.25, 0.3) is 5.57 Å². The highest BCUT2D eigenvalue weighted by atomic mass is 16.6. The van der Waals surface area contributed by atoms with Crippen LogP contribution in [0.4, 0.5) is 0 Å². The van der Waals surface area contributed by atoms with Gasteiger partial charge in [0.2, 0.25) is 0 Å². The average molecular weight is 340 g/mol. The number of methoxy groups -OCH3 is 2. The maximum absolute atomic E-state index is 12.1. The summed E-state index contributed by atoms with van der Waals surface area (Å²) in [4.78, 5) is 23.7. The number of rotatable bonds is 5. The van der Waals surface area contributed by atoms with E-state index in [0.717, 1.165) is 0 Å². The summed E-state index contributed by atoms with van der Waals surface area (Å²) >= 11 is 0. The van der Waals surface area contributed by atoms with Crippen molar-refractivity contribution < 1.29 is 28.9 Å². The molecule has 0 saturated heterocycles. The molecule has 0 saturated carbocycles. The van der Waals surface area contributed by atoms with Crippen LogP contribution in [0.1, 0.15) is 17.2 Å². The van der Waals surface area contributed by atoms with E-state index in [1.165, 1.54) is 0 Å². The Bertz CT molecular complexity index is 833. The molecule has 0 aromatic heterocycles. The van der Waals surface area contributed by atoms with Crippen LogP contribution in [-0.2, 0) is 14.3 Å². The van der Waals surface area contributed by atoms with E-state index >= 15 is 0 Å². The molecule has 0 fully saturated rings. The Labute approximate surface area is 144 Å². The fraction of sp³-hybridized carbons (Fsp3) is 0.158. The summed E-state index contributed by atoms with van der Waals surface area (Å²) in [7, 11) is 3.09. The van der Waals surface area contributed by atoms with Crippen molar-refractivity contribution >= 4 is 17.5 Å². The molecule has 2 aromatic carbocycles. The van der Waals surface area contributed by atoms with Crippen molar-refractivity contribution in [3.05, 3.63) is 65.2 Å². The number of carboxylic acids is 1. The van der Waals surface area contributed by atoms with E-state index in [1.54, 1.807) is 62.8 Å². The summed E-state index contributed by atoms with van der Waals surface area (Å²) in [6, 6.07) is 13.8. The van der Waals surface area contributed by atoms with E-state index in [4.69, 9.17) is 14.2 Å². The molecular weight excluding hydrogens is 324 g/mol. The summed E-state index contributed by atoms with van der Waals surface area (Å²) in [6.07, 6.45) is -0.794. The number of carbonyl (C=O) groups excluding carboxylic acids is 1. The molecule has 3 rings (SSSR count). The van der Waals surface area contributed by atoms with Crippen LogP contribution in [0.2, 0.25) is 0 Å². The molecule has 0 spiro atoms. The Kier molecular flexibility index (Phi) is 4.43. The Morgan fingerprint density at radius 3 is 1.96 bits per heavy atom. The fourth-order valence-electron chi connectivity index (χ4n) is 2.75. The predicted molar refractivity (Wildman–Crippen MR) is 89.4 cm³/mol. The maximum atomic E-state index is 12.1. The number of carbonyl (C=O) groups is 2. The molecule has 0 radical (unpaired) electrons. The number of cyclic esters (lactones) is 1. The maximum Gasteiger partial charge on any atom is 0.346 e. The van der Waals surface area contributed by atoms with E-state index in [2.05, 4.69) is 0 Å². The van der Waals surface area contributed by atoms with Gasteiger partial charge < -0.3 is 19.3 Å². The molecule has 1 atom stereocenters. The van der Waals surface area contributed by atoms with Gasteiger partial charge in [-0.15, -0.1) is 0 Å². The van der Waals surface area contributed by atoms with Gasteiger partial charge in [-0.3, -0.25) is 0 Å². The Morgan fingerprint density at radius 1 is 0.960 bits per heavy atom. The molecule has 0 amide bonds. The first-order chi connectivity index (χ1) is 12.0. The molecule has 6 nitrogen and oxygen atoms in total. The van der Waals surface area contributed by atoms with Crippen LogP contribution in [0, 0.1) is 0 Å². The molecule has 6 heteroatoms. The summed E-state index contributed by atoms with van der Waals surface area (Å²) in [6.45, 7) is 0. The molecule has 0 aliphatic carbocycles. The lowest BCUT2D eigenvalue weighted by Gasteiger charge is -2.15. The zero-order valence-electron chi connectivity index (χ0n) is 13.7. The molecule has 128 valence electrons. The molecule has 1 N–H and O–H groups in total. The standard InChI is InChI=1S/C19H16O6/c1-23-13-7-3-11(4-8-13)15-16(18(20)21)19(22)25-17(15)12-5-9-14(24-2)10-6-12/h3-10,17H,1-2H3,(H,20,21). The number of hydrogen-bond acceptors (Lipinski definition) is 5. The molecular formula is C19H16O6. The van der Waals surface area contributed by atoms with Crippen molar-refractivity contribution in [1.82, 2.24) is 0 Å². The number of ether oxygens (including phenoxy) is 3. The van der Waals surface area contributed by atoms with Gasteiger partial charge >= 0.3 is 11.9 Å². The van der Waals surface area contributed by atoms with Crippen LogP contribution in [0.15, 0.2) is 54.1 Å². The second-order valence-corrected chi connectivity index (χ2v) is 5.38. The highest BCUT2D eigenvalue weighted by Gasteiger charge is 2.39. The van der Waals surface area contributed by atoms with Gasteiger partial charge in [-0.25, -0.2) is 9.59 Å². The molecule has 1 aliphatic heterocycles. The zero-order valence-corrected chi connectivity index (χ0v) is 13.7. The Balaban J connectivity index is 2.10. The van der Waals surface area contributed by atoms with Crippen molar-refractivity contribution in [1.29, 1.82) is 0 Å². The van der Waals surface area contributed by atoms with E-state index in [9.17, 15) is 14.7 Å². The van der Waals surface area contributed by atoms with Gasteiger partial charge in [-0.1, -0.05) is 24.3 Å². The van der Waals surface area contributed by atoms with Crippen LogP contribution < -0.4 is 9.47 Å². The normalized spacial score (nSPS) is 16.6. The highest BCUT2D eigenvalue weighted by molar-refractivity contribution is 6.22. The third-order valence-electron chi connectivity index (χ3n) is 3.99. The SMILES string of the molecule is COc1ccc(C2=C(C(=O)O)C(=O)OC2c2ccc(OC)cc2)cc1. The van der Waals surface area contributed by atoms with Gasteiger partial charge in [-0.05, 0) is 35.4 Å². The third-order valence-corrected chi connectivity index (χ3v) is 3.99. The molecule has 1 aliphatic rings. The first kappa shape index (κ1) is 16.6. The minimum absolute atomic E-state index is 0.324. The van der Waals surface area contributed by atoms with Gasteiger partial charge in [0.15, 0.2) is 11.7 Å². The number of esters is 1. The first-order valence-corrected chi connectivity index (χ1v) is 7.52. The quantitative estimate of drug-likeness (QED) is 0.666. The second-order valence-electron chi connectivity index (χ2n) is 5.38. The van der Waals surface area contributed by atoms with Gasteiger partial charge in [0, 0.05) is 5.57 Å². The van der Waals surface area contributed by atoms with Crippen molar-refractivity contribution in [3.8, 4) is 11.5 Å². The topological polar surface area (TPSA) is 82.1 Å². The number of aliphatic carboxylic acids is 1. The molecule has 25 heavy (non-hydrogen) atoms. The third kappa shape index (κ3) is 3.06. The molecule has 2 aromatic rings. The van der Waals surface area contributed by atoms with Gasteiger partial charge in [-0.2, -0.15) is 0 Å². The summed E-state index contributed by atoms with van der Waals surface area (Å²) in [5.74, 6) is -0.875. The minimum Gasteiger partial charge on any atom is -0.497 e.